The van der Waals surface area contributed by atoms with Gasteiger partial charge in [0.05, 0.1) is 17.9 Å². The number of nitrogens with one attached hydrogen (secondary N) is 1. The van der Waals surface area contributed by atoms with Crippen molar-refractivity contribution < 1.29 is 14.3 Å². The van der Waals surface area contributed by atoms with E-state index >= 15 is 0 Å². The Hall–Kier alpha value is -2.46. The van der Waals surface area contributed by atoms with E-state index in [1.54, 1.807) is 17.5 Å². The molecule has 2 rings (SSSR count). The maximum atomic E-state index is 13.3. The Bertz CT molecular complexity index is 663. The zero-order valence-corrected chi connectivity index (χ0v) is 10.4. The number of thiazole rings is 1. The number of nitriles is 1. The van der Waals surface area contributed by atoms with Gasteiger partial charge in [0.25, 0.3) is 0 Å². The molecule has 1 aromatic heterocycles. The molecule has 1 heterocycles. The summed E-state index contributed by atoms with van der Waals surface area (Å²) in [5.74, 6) is -1.68. The lowest BCUT2D eigenvalue weighted by Gasteiger charge is -2.06. The van der Waals surface area contributed by atoms with Gasteiger partial charge in [-0.3, -0.25) is 0 Å². The molecule has 0 spiro atoms. The molecule has 0 radical (unpaired) electrons. The molecule has 1 aromatic carbocycles. The van der Waals surface area contributed by atoms with Crippen molar-refractivity contribution in [2.75, 3.05) is 5.32 Å². The van der Waals surface area contributed by atoms with Crippen LogP contribution in [0.3, 0.4) is 0 Å². The van der Waals surface area contributed by atoms with E-state index in [-0.39, 0.29) is 17.1 Å². The lowest BCUT2D eigenvalue weighted by atomic mass is 10.2. The van der Waals surface area contributed by atoms with Crippen LogP contribution in [-0.2, 0) is 6.54 Å². The van der Waals surface area contributed by atoms with Gasteiger partial charge in [0.1, 0.15) is 17.4 Å². The van der Waals surface area contributed by atoms with Gasteiger partial charge in [-0.05, 0) is 12.1 Å². The van der Waals surface area contributed by atoms with Crippen molar-refractivity contribution in [3.05, 3.63) is 45.7 Å². The fourth-order valence-electron chi connectivity index (χ4n) is 1.46. The van der Waals surface area contributed by atoms with Crippen molar-refractivity contribution in [3.8, 4) is 6.07 Å². The topological polar surface area (TPSA) is 86.0 Å². The van der Waals surface area contributed by atoms with Gasteiger partial charge in [0, 0.05) is 5.38 Å². The smallest absolute Gasteiger partial charge is 0.365 e. The van der Waals surface area contributed by atoms with Crippen molar-refractivity contribution in [2.24, 2.45) is 0 Å². The molecule has 0 aliphatic rings. The molecule has 0 atom stereocenters. The second-order valence-corrected chi connectivity index (χ2v) is 4.44. The molecule has 7 heteroatoms. The third-order valence-electron chi connectivity index (χ3n) is 2.32. The minimum atomic E-state index is -1.08. The van der Waals surface area contributed by atoms with Crippen LogP contribution in [0.5, 0.6) is 0 Å². The van der Waals surface area contributed by atoms with Crippen LogP contribution in [0.1, 0.15) is 21.1 Å². The summed E-state index contributed by atoms with van der Waals surface area (Å²) in [7, 11) is 0. The van der Waals surface area contributed by atoms with Crippen LogP contribution in [0.15, 0.2) is 23.6 Å². The first-order chi connectivity index (χ1) is 9.11. The molecule has 0 saturated carbocycles. The summed E-state index contributed by atoms with van der Waals surface area (Å²) in [5.41, 5.74) is 0.805. The third kappa shape index (κ3) is 2.86. The molecule has 0 amide bonds. The number of rotatable bonds is 4. The first kappa shape index (κ1) is 13.0. The SMILES string of the molecule is N#Cc1c(F)cccc1NCc1csc(C(=O)O)n1. The molecule has 96 valence electrons. The summed E-state index contributed by atoms with van der Waals surface area (Å²) in [6.07, 6.45) is 0. The number of benzene rings is 1. The Morgan fingerprint density at radius 2 is 2.37 bits per heavy atom. The molecule has 5 nitrogen and oxygen atoms in total. The number of aromatic nitrogens is 1. The molecule has 0 aliphatic heterocycles. The Labute approximate surface area is 112 Å². The van der Waals surface area contributed by atoms with E-state index in [2.05, 4.69) is 10.3 Å². The quantitative estimate of drug-likeness (QED) is 0.896. The summed E-state index contributed by atoms with van der Waals surface area (Å²) < 4.78 is 13.3. The van der Waals surface area contributed by atoms with Gasteiger partial charge < -0.3 is 10.4 Å². The van der Waals surface area contributed by atoms with Gasteiger partial charge in [-0.25, -0.2) is 14.2 Å². The van der Waals surface area contributed by atoms with Crippen molar-refractivity contribution >= 4 is 23.0 Å². The van der Waals surface area contributed by atoms with Gasteiger partial charge in [0.2, 0.25) is 5.01 Å². The molecular weight excluding hydrogens is 269 g/mol. The molecule has 0 bridgehead atoms. The summed E-state index contributed by atoms with van der Waals surface area (Å²) in [5, 5.41) is 22.0. The molecule has 0 aliphatic carbocycles. The maximum Gasteiger partial charge on any atom is 0.365 e. The first-order valence-electron chi connectivity index (χ1n) is 5.22. The lowest BCUT2D eigenvalue weighted by Crippen LogP contribution is -2.03. The minimum absolute atomic E-state index is 0.00320. The molecule has 0 unspecified atom stereocenters. The highest BCUT2D eigenvalue weighted by atomic mass is 32.1. The van der Waals surface area contributed by atoms with Crippen LogP contribution >= 0.6 is 11.3 Å². The van der Waals surface area contributed by atoms with E-state index in [0.29, 0.717) is 11.4 Å². The van der Waals surface area contributed by atoms with E-state index in [9.17, 15) is 9.18 Å². The summed E-state index contributed by atoms with van der Waals surface area (Å²) in [6, 6.07) is 6.04. The third-order valence-corrected chi connectivity index (χ3v) is 3.20. The van der Waals surface area contributed by atoms with Crippen molar-refractivity contribution in [1.82, 2.24) is 4.98 Å². The number of carboxylic acids is 1. The number of hydrogen-bond donors (Lipinski definition) is 2. The predicted octanol–water partition coefficient (Wildman–Crippen LogP) is 2.46. The van der Waals surface area contributed by atoms with Crippen molar-refractivity contribution in [2.45, 2.75) is 6.54 Å². The molecule has 2 N–H and O–H groups in total. The van der Waals surface area contributed by atoms with Gasteiger partial charge >= 0.3 is 5.97 Å². The summed E-state index contributed by atoms with van der Waals surface area (Å²) in [4.78, 5) is 14.6. The average Bonchev–Trinajstić information content (AvgIpc) is 2.85. The fraction of sp³-hybridized carbons (Fsp3) is 0.0833. The monoisotopic (exact) mass is 277 g/mol. The largest absolute Gasteiger partial charge is 0.476 e. The van der Waals surface area contributed by atoms with Gasteiger partial charge in [-0.15, -0.1) is 11.3 Å². The maximum absolute atomic E-state index is 13.3. The highest BCUT2D eigenvalue weighted by Gasteiger charge is 2.10. The number of halogens is 1. The molecule has 2 aromatic rings. The van der Waals surface area contributed by atoms with Crippen LogP contribution in [0.2, 0.25) is 0 Å². The molecular formula is C12H8FN3O2S. The van der Waals surface area contributed by atoms with E-state index < -0.39 is 11.8 Å². The molecule has 19 heavy (non-hydrogen) atoms. The Balaban J connectivity index is 2.12. The molecule has 0 fully saturated rings. The van der Waals surface area contributed by atoms with Gasteiger partial charge in [-0.2, -0.15) is 5.26 Å². The van der Waals surface area contributed by atoms with Crippen LogP contribution in [0.25, 0.3) is 0 Å². The van der Waals surface area contributed by atoms with E-state index in [4.69, 9.17) is 10.4 Å². The first-order valence-corrected chi connectivity index (χ1v) is 6.10. The van der Waals surface area contributed by atoms with Crippen LogP contribution in [0, 0.1) is 17.1 Å². The van der Waals surface area contributed by atoms with Crippen LogP contribution in [0.4, 0.5) is 10.1 Å². The van der Waals surface area contributed by atoms with E-state index in [0.717, 1.165) is 11.3 Å². The Morgan fingerprint density at radius 1 is 1.58 bits per heavy atom. The average molecular weight is 277 g/mol. The Morgan fingerprint density at radius 3 is 3.00 bits per heavy atom. The number of aromatic carboxylic acids is 1. The highest BCUT2D eigenvalue weighted by Crippen LogP contribution is 2.19. The zero-order valence-electron chi connectivity index (χ0n) is 9.55. The van der Waals surface area contributed by atoms with E-state index in [1.807, 2.05) is 0 Å². The second kappa shape index (κ2) is 5.46. The second-order valence-electron chi connectivity index (χ2n) is 3.58. The van der Waals surface area contributed by atoms with Crippen LogP contribution < -0.4 is 5.32 Å². The van der Waals surface area contributed by atoms with Crippen molar-refractivity contribution in [1.29, 1.82) is 5.26 Å². The summed E-state index contributed by atoms with van der Waals surface area (Å²) >= 11 is 1.02. The number of nitrogens with zero attached hydrogens (tertiary/aromatic N) is 2. The highest BCUT2D eigenvalue weighted by molar-refractivity contribution is 7.11. The van der Waals surface area contributed by atoms with Gasteiger partial charge in [0.15, 0.2) is 0 Å². The van der Waals surface area contributed by atoms with Gasteiger partial charge in [-0.1, -0.05) is 6.07 Å². The minimum Gasteiger partial charge on any atom is -0.476 e. The molecule has 0 saturated heterocycles. The predicted molar refractivity (Wildman–Crippen MR) is 67.5 cm³/mol. The Kier molecular flexibility index (Phi) is 3.73. The normalized spacial score (nSPS) is 9.89. The number of anilines is 1. The van der Waals surface area contributed by atoms with E-state index in [1.165, 1.54) is 12.1 Å². The number of carboxylic acid groups (broad SMARTS) is 1. The fourth-order valence-corrected chi connectivity index (χ4v) is 2.11. The number of hydrogen-bond acceptors (Lipinski definition) is 5. The zero-order chi connectivity index (χ0) is 13.8. The number of carbonyl (C=O) groups is 1. The summed E-state index contributed by atoms with van der Waals surface area (Å²) in [6.45, 7) is 0.224. The van der Waals surface area contributed by atoms with Crippen molar-refractivity contribution in [3.63, 3.8) is 0 Å². The lowest BCUT2D eigenvalue weighted by molar-refractivity contribution is 0.0696. The van der Waals surface area contributed by atoms with Crippen LogP contribution in [-0.4, -0.2) is 16.1 Å². The standard InChI is InChI=1S/C12H8FN3O2S/c13-9-2-1-3-10(8(9)4-14)15-5-7-6-19-11(16-7)12(17)18/h1-3,6,15H,5H2,(H,17,18).